The van der Waals surface area contributed by atoms with Crippen LogP contribution in [-0.4, -0.2) is 19.5 Å². The highest BCUT2D eigenvalue weighted by molar-refractivity contribution is 6.14. The molecular weight excluding hydrogens is 629 g/mol. The second-order valence-corrected chi connectivity index (χ2v) is 12.8. The van der Waals surface area contributed by atoms with Gasteiger partial charge in [0, 0.05) is 43.4 Å². The van der Waals surface area contributed by atoms with Crippen molar-refractivity contribution >= 4 is 65.7 Å². The first-order chi connectivity index (χ1) is 25.3. The van der Waals surface area contributed by atoms with E-state index < -0.39 is 0 Å². The molecule has 0 radical (unpaired) electrons. The fraction of sp³-hybridized carbons (Fsp3) is 0. The zero-order chi connectivity index (χ0) is 33.5. The molecule has 0 spiro atoms. The molecule has 0 amide bonds. The summed E-state index contributed by atoms with van der Waals surface area (Å²) in [4.78, 5) is 15.4. The lowest BCUT2D eigenvalue weighted by Crippen LogP contribution is -2.06. The summed E-state index contributed by atoms with van der Waals surface area (Å²) in [5.74, 6) is 1.68. The lowest BCUT2D eigenvalue weighted by molar-refractivity contribution is 0.668. The van der Waals surface area contributed by atoms with E-state index in [0.29, 0.717) is 17.6 Å². The van der Waals surface area contributed by atoms with E-state index in [1.165, 1.54) is 0 Å². The quantitative estimate of drug-likeness (QED) is 0.189. The second-order valence-electron chi connectivity index (χ2n) is 12.8. The lowest BCUT2D eigenvalue weighted by Gasteiger charge is -2.11. The Bertz CT molecular complexity index is 3100. The van der Waals surface area contributed by atoms with Crippen LogP contribution >= 0.6 is 0 Å². The van der Waals surface area contributed by atoms with Crippen LogP contribution < -0.4 is 0 Å². The molecule has 6 nitrogen and oxygen atoms in total. The summed E-state index contributed by atoms with van der Waals surface area (Å²) in [7, 11) is 0. The van der Waals surface area contributed by atoms with Crippen molar-refractivity contribution in [2.45, 2.75) is 0 Å². The average Bonchev–Trinajstić information content (AvgIpc) is 3.87. The number of hydrogen-bond acceptors (Lipinski definition) is 5. The predicted octanol–water partition coefficient (Wildman–Crippen LogP) is 11.8. The van der Waals surface area contributed by atoms with Crippen LogP contribution in [0, 0.1) is 0 Å². The molecule has 238 valence electrons. The number of aromatic nitrogens is 4. The monoisotopic (exact) mass is 654 g/mol. The average molecular weight is 655 g/mol. The maximum absolute atomic E-state index is 6.89. The number of fused-ring (bicyclic) bond motifs is 9. The molecule has 6 heteroatoms. The Morgan fingerprint density at radius 3 is 1.73 bits per heavy atom. The zero-order valence-electron chi connectivity index (χ0n) is 27.1. The van der Waals surface area contributed by atoms with Crippen molar-refractivity contribution < 1.29 is 8.83 Å². The minimum absolute atomic E-state index is 0.540. The summed E-state index contributed by atoms with van der Waals surface area (Å²) in [5, 5.41) is 6.49. The minimum Gasteiger partial charge on any atom is -0.456 e. The Morgan fingerprint density at radius 2 is 0.961 bits per heavy atom. The van der Waals surface area contributed by atoms with Crippen LogP contribution in [0.1, 0.15) is 0 Å². The van der Waals surface area contributed by atoms with Gasteiger partial charge in [-0.3, -0.25) is 4.57 Å². The first kappa shape index (κ1) is 27.9. The van der Waals surface area contributed by atoms with Crippen LogP contribution in [0.15, 0.2) is 167 Å². The SMILES string of the molecule is c1ccc(-c2nc(-c3cccc4c3oc3c(-c5ccc6oc7ccccc7c6c5)cccc34)nc(-n3c4ccccc4c4ccccc43)n2)cc1. The van der Waals surface area contributed by atoms with Crippen molar-refractivity contribution in [2.24, 2.45) is 0 Å². The van der Waals surface area contributed by atoms with Gasteiger partial charge in [0.05, 0.1) is 16.6 Å². The molecule has 0 aliphatic rings. The molecule has 0 N–H and O–H groups in total. The summed E-state index contributed by atoms with van der Waals surface area (Å²) >= 11 is 0. The van der Waals surface area contributed by atoms with Crippen molar-refractivity contribution in [1.29, 1.82) is 0 Å². The van der Waals surface area contributed by atoms with Gasteiger partial charge in [-0.1, -0.05) is 121 Å². The lowest BCUT2D eigenvalue weighted by atomic mass is 10.00. The van der Waals surface area contributed by atoms with E-state index >= 15 is 0 Å². The highest BCUT2D eigenvalue weighted by Gasteiger charge is 2.21. The highest BCUT2D eigenvalue weighted by atomic mass is 16.3. The van der Waals surface area contributed by atoms with E-state index in [-0.39, 0.29) is 0 Å². The largest absolute Gasteiger partial charge is 0.456 e. The molecule has 0 atom stereocenters. The number of hydrogen-bond donors (Lipinski definition) is 0. The van der Waals surface area contributed by atoms with Gasteiger partial charge in [-0.15, -0.1) is 0 Å². The molecule has 0 aliphatic heterocycles. The topological polar surface area (TPSA) is 69.9 Å². The molecule has 7 aromatic carbocycles. The Kier molecular flexibility index (Phi) is 5.86. The third kappa shape index (κ3) is 4.20. The van der Waals surface area contributed by atoms with E-state index in [1.807, 2.05) is 60.7 Å². The van der Waals surface area contributed by atoms with Crippen LogP contribution in [0.4, 0.5) is 0 Å². The van der Waals surface area contributed by atoms with Gasteiger partial charge in [0.15, 0.2) is 11.6 Å². The van der Waals surface area contributed by atoms with E-state index in [9.17, 15) is 0 Å². The van der Waals surface area contributed by atoms with Crippen LogP contribution in [0.3, 0.4) is 0 Å². The van der Waals surface area contributed by atoms with Gasteiger partial charge in [-0.05, 0) is 42.0 Å². The third-order valence-electron chi connectivity index (χ3n) is 9.89. The van der Waals surface area contributed by atoms with Gasteiger partial charge in [-0.25, -0.2) is 4.98 Å². The van der Waals surface area contributed by atoms with E-state index in [4.69, 9.17) is 23.8 Å². The Morgan fingerprint density at radius 1 is 0.373 bits per heavy atom. The molecule has 0 saturated heterocycles. The van der Waals surface area contributed by atoms with Gasteiger partial charge in [0.2, 0.25) is 5.95 Å². The molecule has 4 aromatic heterocycles. The maximum atomic E-state index is 6.89. The minimum atomic E-state index is 0.540. The number of benzene rings is 7. The Balaban J connectivity index is 1.15. The van der Waals surface area contributed by atoms with E-state index in [0.717, 1.165) is 87.9 Å². The molecule has 4 heterocycles. The van der Waals surface area contributed by atoms with Crippen LogP contribution in [0.25, 0.3) is 106 Å². The van der Waals surface area contributed by atoms with E-state index in [2.05, 4.69) is 102 Å². The first-order valence-electron chi connectivity index (χ1n) is 16.9. The first-order valence-corrected chi connectivity index (χ1v) is 16.9. The predicted molar refractivity (Wildman–Crippen MR) is 205 cm³/mol. The molecular formula is C45H26N4O2. The summed E-state index contributed by atoms with van der Waals surface area (Å²) < 4.78 is 15.1. The molecule has 0 unspecified atom stereocenters. The summed E-state index contributed by atoms with van der Waals surface area (Å²) in [6.07, 6.45) is 0. The number of nitrogens with zero attached hydrogens (tertiary/aromatic N) is 4. The molecule has 0 saturated carbocycles. The van der Waals surface area contributed by atoms with Crippen LogP contribution in [-0.2, 0) is 0 Å². The number of furan rings is 2. The van der Waals surface area contributed by atoms with Gasteiger partial charge in [-0.2, -0.15) is 9.97 Å². The molecule has 51 heavy (non-hydrogen) atoms. The summed E-state index contributed by atoms with van der Waals surface area (Å²) in [6.45, 7) is 0. The summed E-state index contributed by atoms with van der Waals surface area (Å²) in [5.41, 5.74) is 9.12. The van der Waals surface area contributed by atoms with Gasteiger partial charge < -0.3 is 8.83 Å². The highest BCUT2D eigenvalue weighted by Crippen LogP contribution is 2.41. The van der Waals surface area contributed by atoms with Crippen molar-refractivity contribution in [3.8, 4) is 39.9 Å². The van der Waals surface area contributed by atoms with Gasteiger partial charge in [0.1, 0.15) is 22.3 Å². The van der Waals surface area contributed by atoms with Gasteiger partial charge >= 0.3 is 0 Å². The maximum Gasteiger partial charge on any atom is 0.238 e. The van der Waals surface area contributed by atoms with E-state index in [1.54, 1.807) is 0 Å². The van der Waals surface area contributed by atoms with Crippen molar-refractivity contribution in [3.63, 3.8) is 0 Å². The molecule has 11 aromatic rings. The fourth-order valence-electron chi connectivity index (χ4n) is 7.56. The standard InChI is InChI=1S/C45H26N4O2/c1-2-12-27(13-3-1)43-46-44(48-45(47-43)49-37-21-7-4-14-30(37)31-15-5-8-22-38(31)49)35-20-11-19-34-33-18-10-17-29(41(33)51-42(34)35)28-24-25-40-36(26-28)32-16-6-9-23-39(32)50-40/h1-26H. The zero-order valence-corrected chi connectivity index (χ0v) is 27.1. The number of rotatable bonds is 4. The van der Waals surface area contributed by atoms with Gasteiger partial charge in [0.25, 0.3) is 0 Å². The van der Waals surface area contributed by atoms with Crippen molar-refractivity contribution in [1.82, 2.24) is 19.5 Å². The fourth-order valence-corrected chi connectivity index (χ4v) is 7.56. The Labute approximate surface area is 290 Å². The normalized spacial score (nSPS) is 11.9. The Hall–Kier alpha value is -7.05. The van der Waals surface area contributed by atoms with Crippen LogP contribution in [0.2, 0.25) is 0 Å². The molecule has 0 fully saturated rings. The smallest absolute Gasteiger partial charge is 0.238 e. The van der Waals surface area contributed by atoms with Crippen LogP contribution in [0.5, 0.6) is 0 Å². The molecule has 0 aliphatic carbocycles. The molecule has 11 rings (SSSR count). The molecule has 0 bridgehead atoms. The summed E-state index contributed by atoms with van der Waals surface area (Å²) in [6, 6.07) is 53.9. The van der Waals surface area contributed by atoms with Crippen molar-refractivity contribution in [2.75, 3.05) is 0 Å². The van der Waals surface area contributed by atoms with Crippen molar-refractivity contribution in [3.05, 3.63) is 158 Å². The third-order valence-corrected chi connectivity index (χ3v) is 9.89. The number of para-hydroxylation sites is 5. The second kappa shape index (κ2) is 10.7.